The third kappa shape index (κ3) is 5.85. The molecule has 7 heteroatoms. The highest BCUT2D eigenvalue weighted by atomic mass is 16.7. The molecule has 0 spiro atoms. The molecule has 0 radical (unpaired) electrons. The fourth-order valence-electron chi connectivity index (χ4n) is 4.49. The van der Waals surface area contributed by atoms with Gasteiger partial charge in [0.2, 0.25) is 5.60 Å². The molecule has 2 N–H and O–H groups in total. The maximum absolute atomic E-state index is 13.9. The zero-order valence-electron chi connectivity index (χ0n) is 20.7. The van der Waals surface area contributed by atoms with Gasteiger partial charge in [-0.3, -0.25) is 14.4 Å². The number of ether oxygens (including phenoxy) is 1. The Morgan fingerprint density at radius 1 is 1.00 bits per heavy atom. The minimum absolute atomic E-state index is 0.0378. The lowest BCUT2D eigenvalue weighted by molar-refractivity contribution is -0.162. The number of ketones is 3. The summed E-state index contributed by atoms with van der Waals surface area (Å²) in [6.07, 6.45) is 4.37. The molecule has 7 nitrogen and oxygen atoms in total. The van der Waals surface area contributed by atoms with Crippen molar-refractivity contribution in [2.75, 3.05) is 0 Å². The molecule has 2 atom stereocenters. The Hall–Kier alpha value is -2.62. The van der Waals surface area contributed by atoms with Crippen LogP contribution >= 0.6 is 0 Å². The highest BCUT2D eigenvalue weighted by molar-refractivity contribution is 6.27. The molecule has 2 unspecified atom stereocenters. The molecule has 0 aliphatic heterocycles. The monoisotopic (exact) mass is 462 g/mol. The number of hydrogen-bond acceptors (Lipinski definition) is 6. The first-order valence-electron chi connectivity index (χ1n) is 11.7. The number of terminal acetylenes is 1. The molecule has 1 aliphatic carbocycles. The number of carbonyl (C=O) groups is 4. The number of carbonyl (C=O) groups excluding carboxylic acids is 3. The number of hydrogen-bond donors (Lipinski definition) is 2. The van der Waals surface area contributed by atoms with Crippen LogP contribution < -0.4 is 0 Å². The molecule has 0 aromatic carbocycles. The van der Waals surface area contributed by atoms with Gasteiger partial charge in [-0.1, -0.05) is 41.5 Å². The van der Waals surface area contributed by atoms with Crippen LogP contribution in [0, 0.1) is 35.5 Å². The highest BCUT2D eigenvalue weighted by Gasteiger charge is 2.71. The lowest BCUT2D eigenvalue weighted by Crippen LogP contribution is -2.58. The highest BCUT2D eigenvalue weighted by Crippen LogP contribution is 2.56. The van der Waals surface area contributed by atoms with Gasteiger partial charge in [0.15, 0.2) is 23.1 Å². The van der Waals surface area contributed by atoms with Gasteiger partial charge >= 0.3 is 6.16 Å². The van der Waals surface area contributed by atoms with E-state index in [1.807, 2.05) is 27.7 Å². The summed E-state index contributed by atoms with van der Waals surface area (Å²) in [5.41, 5.74) is -4.79. The van der Waals surface area contributed by atoms with Gasteiger partial charge in [-0.05, 0) is 43.4 Å². The Kier molecular flexibility index (Phi) is 9.89. The number of carboxylic acid groups (broad SMARTS) is 1. The van der Waals surface area contributed by atoms with Crippen LogP contribution in [0.25, 0.3) is 0 Å². The van der Waals surface area contributed by atoms with E-state index in [9.17, 15) is 29.4 Å². The molecule has 184 valence electrons. The van der Waals surface area contributed by atoms with Crippen molar-refractivity contribution in [2.45, 2.75) is 92.1 Å². The van der Waals surface area contributed by atoms with E-state index in [1.165, 1.54) is 0 Å². The van der Waals surface area contributed by atoms with Gasteiger partial charge in [-0.15, -0.1) is 12.3 Å². The van der Waals surface area contributed by atoms with Crippen LogP contribution in [-0.4, -0.2) is 39.3 Å². The quantitative estimate of drug-likeness (QED) is 0.217. The first-order valence-corrected chi connectivity index (χ1v) is 11.7. The largest absolute Gasteiger partial charge is 0.507 e. The van der Waals surface area contributed by atoms with Crippen LogP contribution in [0.15, 0.2) is 11.3 Å². The van der Waals surface area contributed by atoms with E-state index in [2.05, 4.69) is 5.92 Å². The Morgan fingerprint density at radius 3 is 2.03 bits per heavy atom. The van der Waals surface area contributed by atoms with Crippen LogP contribution in [0.3, 0.4) is 0 Å². The van der Waals surface area contributed by atoms with Crippen molar-refractivity contribution in [1.82, 2.24) is 0 Å². The number of aliphatic hydroxyl groups is 1. The second-order valence-corrected chi connectivity index (χ2v) is 10.2. The maximum Gasteiger partial charge on any atom is 0.507 e. The van der Waals surface area contributed by atoms with Crippen LogP contribution in [0.5, 0.6) is 0 Å². The number of rotatable bonds is 13. The molecule has 0 bridgehead atoms. The Bertz CT molecular complexity index is 843. The van der Waals surface area contributed by atoms with E-state index in [-0.39, 0.29) is 49.9 Å². The van der Waals surface area contributed by atoms with Crippen LogP contribution in [0.4, 0.5) is 4.79 Å². The molecule has 0 heterocycles. The summed E-state index contributed by atoms with van der Waals surface area (Å²) in [5.74, 6) is -0.442. The van der Waals surface area contributed by atoms with Crippen LogP contribution in [0.1, 0.15) is 86.5 Å². The summed E-state index contributed by atoms with van der Waals surface area (Å²) in [4.78, 5) is 52.5. The summed E-state index contributed by atoms with van der Waals surface area (Å²) in [6.45, 7) is 11.2. The zero-order valence-corrected chi connectivity index (χ0v) is 20.7. The van der Waals surface area contributed by atoms with Crippen molar-refractivity contribution in [2.24, 2.45) is 23.2 Å². The van der Waals surface area contributed by atoms with Gasteiger partial charge in [-0.25, -0.2) is 4.79 Å². The molecule has 0 fully saturated rings. The molecule has 0 saturated heterocycles. The predicted octanol–water partition coefficient (Wildman–Crippen LogP) is 5.27. The Balaban J connectivity index is 3.93. The van der Waals surface area contributed by atoms with Crippen molar-refractivity contribution >= 4 is 23.5 Å². The second kappa shape index (κ2) is 11.5. The molecule has 0 saturated carbocycles. The summed E-state index contributed by atoms with van der Waals surface area (Å²) < 4.78 is 5.22. The first-order chi connectivity index (χ1) is 15.3. The minimum Gasteiger partial charge on any atom is -0.507 e. The molecule has 1 aliphatic rings. The second-order valence-electron chi connectivity index (χ2n) is 10.2. The van der Waals surface area contributed by atoms with E-state index in [0.717, 1.165) is 0 Å². The van der Waals surface area contributed by atoms with Gasteiger partial charge in [0, 0.05) is 19.3 Å². The van der Waals surface area contributed by atoms with Gasteiger partial charge in [0.05, 0.1) is 5.41 Å². The molecular formula is C26H38O7. The SMILES string of the molecule is C#CCCC1(CCC(C)C)C(=O)C(C(=O)CC(C)C)=C(O)C1(OC(=O)O)C(=O)CCC(C)C. The Labute approximate surface area is 197 Å². The number of allylic oxidation sites excluding steroid dienone is 1. The minimum atomic E-state index is -2.49. The van der Waals surface area contributed by atoms with Crippen molar-refractivity contribution in [3.05, 3.63) is 11.3 Å². The molecule has 0 aromatic heterocycles. The fourth-order valence-corrected chi connectivity index (χ4v) is 4.49. The standard InChI is InChI=1S/C26H38O7/c1-8-9-13-25(14-12-17(4)5)22(29)21(19(27)15-18(6)7)23(30)26(25,33-24(31)32)20(28)11-10-16(2)3/h1,16-18,30H,9-15H2,2-7H3,(H,31,32). The van der Waals surface area contributed by atoms with Crippen LogP contribution in [0.2, 0.25) is 0 Å². The molecular weight excluding hydrogens is 424 g/mol. The molecule has 1 rings (SSSR count). The van der Waals surface area contributed by atoms with Crippen molar-refractivity contribution in [3.63, 3.8) is 0 Å². The third-order valence-electron chi connectivity index (χ3n) is 6.20. The van der Waals surface area contributed by atoms with Crippen molar-refractivity contribution in [1.29, 1.82) is 0 Å². The van der Waals surface area contributed by atoms with Gasteiger partial charge < -0.3 is 14.9 Å². The van der Waals surface area contributed by atoms with Crippen LogP contribution in [-0.2, 0) is 19.1 Å². The topological polar surface area (TPSA) is 118 Å². The third-order valence-corrected chi connectivity index (χ3v) is 6.20. The molecule has 0 amide bonds. The Morgan fingerprint density at radius 2 is 1.58 bits per heavy atom. The van der Waals surface area contributed by atoms with E-state index < -0.39 is 45.9 Å². The van der Waals surface area contributed by atoms with Crippen molar-refractivity contribution in [3.8, 4) is 12.3 Å². The number of Topliss-reactive ketones (excluding diaryl/α,β-unsaturated/α-hetero) is 3. The van der Waals surface area contributed by atoms with Gasteiger partial charge in [0.25, 0.3) is 0 Å². The molecule has 0 aromatic rings. The van der Waals surface area contributed by atoms with E-state index >= 15 is 0 Å². The first kappa shape index (κ1) is 28.4. The zero-order chi connectivity index (χ0) is 25.6. The summed E-state index contributed by atoms with van der Waals surface area (Å²) in [7, 11) is 0. The van der Waals surface area contributed by atoms with Crippen molar-refractivity contribution < 1.29 is 34.1 Å². The molecule has 33 heavy (non-hydrogen) atoms. The summed E-state index contributed by atoms with van der Waals surface area (Å²) >= 11 is 0. The smallest absolute Gasteiger partial charge is 0.507 e. The maximum atomic E-state index is 13.9. The average Bonchev–Trinajstić information content (AvgIpc) is 2.86. The van der Waals surface area contributed by atoms with Gasteiger partial charge in [0.1, 0.15) is 5.57 Å². The fraction of sp³-hybridized carbons (Fsp3) is 0.692. The average molecular weight is 463 g/mol. The summed E-state index contributed by atoms with van der Waals surface area (Å²) in [5, 5.41) is 20.9. The lowest BCUT2D eigenvalue weighted by atomic mass is 9.63. The van der Waals surface area contributed by atoms with E-state index in [0.29, 0.717) is 12.8 Å². The number of aliphatic hydroxyl groups excluding tert-OH is 1. The lowest BCUT2D eigenvalue weighted by Gasteiger charge is -2.42. The van der Waals surface area contributed by atoms with E-state index in [1.54, 1.807) is 13.8 Å². The van der Waals surface area contributed by atoms with Gasteiger partial charge in [-0.2, -0.15) is 0 Å². The van der Waals surface area contributed by atoms with E-state index in [4.69, 9.17) is 11.2 Å². The normalized spacial score (nSPS) is 22.8. The summed E-state index contributed by atoms with van der Waals surface area (Å²) in [6, 6.07) is 0. The predicted molar refractivity (Wildman–Crippen MR) is 125 cm³/mol.